The fourth-order valence-electron chi connectivity index (χ4n) is 2.42. The molecule has 0 atom stereocenters. The smallest absolute Gasteiger partial charge is 0.277 e. The Bertz CT molecular complexity index is 967. The summed E-state index contributed by atoms with van der Waals surface area (Å²) in [5.41, 5.74) is 1.34. The standard InChI is InChI=1S/C21H20ClN3O2/c1-2-3-13-27-20-14-18(15-23-25(20)19-7-5-4-6-8-19)24-21(26)16-9-11-17(22)12-10-16/h4-12,14-15H,2-3,13H2,1H3/b24-18+. The minimum absolute atomic E-state index is 0.356. The SMILES string of the molecule is CCCCOc1c/c(=N\C(=O)c2ccc(Cl)cc2)cnn1-c1ccccc1. The zero-order valence-corrected chi connectivity index (χ0v) is 15.8. The molecule has 0 aliphatic heterocycles. The van der Waals surface area contributed by atoms with E-state index in [0.717, 1.165) is 18.5 Å². The molecule has 1 heterocycles. The average molecular weight is 382 g/mol. The molecule has 1 aromatic heterocycles. The number of amides is 1. The second-order valence-electron chi connectivity index (χ2n) is 5.93. The van der Waals surface area contributed by atoms with E-state index in [1.807, 2.05) is 30.3 Å². The Morgan fingerprint density at radius 3 is 2.59 bits per heavy atom. The third-order valence-electron chi connectivity index (χ3n) is 3.86. The van der Waals surface area contributed by atoms with Crippen molar-refractivity contribution >= 4 is 17.5 Å². The van der Waals surface area contributed by atoms with Crippen LogP contribution in [0, 0.1) is 0 Å². The molecule has 0 saturated heterocycles. The van der Waals surface area contributed by atoms with Gasteiger partial charge in [-0.25, -0.2) is 9.67 Å². The maximum Gasteiger partial charge on any atom is 0.277 e. The highest BCUT2D eigenvalue weighted by Gasteiger charge is 2.07. The van der Waals surface area contributed by atoms with E-state index < -0.39 is 0 Å². The minimum Gasteiger partial charge on any atom is -0.478 e. The molecule has 2 aromatic carbocycles. The predicted octanol–water partition coefficient (Wildman–Crippen LogP) is 4.45. The Labute approximate surface area is 162 Å². The van der Waals surface area contributed by atoms with Gasteiger partial charge in [0.05, 0.1) is 23.8 Å². The molecule has 3 rings (SSSR count). The molecule has 0 fully saturated rings. The van der Waals surface area contributed by atoms with Crippen molar-refractivity contribution in [3.63, 3.8) is 0 Å². The van der Waals surface area contributed by atoms with Crippen LogP contribution in [0.2, 0.25) is 5.02 Å². The molecule has 27 heavy (non-hydrogen) atoms. The van der Waals surface area contributed by atoms with E-state index >= 15 is 0 Å². The molecular weight excluding hydrogens is 362 g/mol. The quantitative estimate of drug-likeness (QED) is 0.593. The van der Waals surface area contributed by atoms with Crippen LogP contribution >= 0.6 is 11.6 Å². The summed E-state index contributed by atoms with van der Waals surface area (Å²) in [6.07, 6.45) is 3.51. The molecule has 0 bridgehead atoms. The lowest BCUT2D eigenvalue weighted by atomic mass is 10.2. The third-order valence-corrected chi connectivity index (χ3v) is 4.11. The minimum atomic E-state index is -0.356. The van der Waals surface area contributed by atoms with E-state index in [1.165, 1.54) is 0 Å². The van der Waals surface area contributed by atoms with Gasteiger partial charge in [0.15, 0.2) is 0 Å². The second-order valence-corrected chi connectivity index (χ2v) is 6.36. The van der Waals surface area contributed by atoms with Crippen molar-refractivity contribution in [1.29, 1.82) is 0 Å². The van der Waals surface area contributed by atoms with Crippen LogP contribution in [0.1, 0.15) is 30.1 Å². The van der Waals surface area contributed by atoms with Crippen LogP contribution in [0.3, 0.4) is 0 Å². The van der Waals surface area contributed by atoms with Crippen molar-refractivity contribution in [3.05, 3.63) is 82.8 Å². The summed E-state index contributed by atoms with van der Waals surface area (Å²) >= 11 is 5.86. The third kappa shape index (κ3) is 5.05. The largest absolute Gasteiger partial charge is 0.478 e. The van der Waals surface area contributed by atoms with Gasteiger partial charge >= 0.3 is 0 Å². The van der Waals surface area contributed by atoms with Crippen molar-refractivity contribution in [2.24, 2.45) is 4.99 Å². The summed E-state index contributed by atoms with van der Waals surface area (Å²) in [6.45, 7) is 2.67. The van der Waals surface area contributed by atoms with Gasteiger partial charge in [0.25, 0.3) is 5.91 Å². The first-order valence-electron chi connectivity index (χ1n) is 8.79. The highest BCUT2D eigenvalue weighted by molar-refractivity contribution is 6.30. The molecule has 1 amide bonds. The fraction of sp³-hybridized carbons (Fsp3) is 0.190. The lowest BCUT2D eigenvalue weighted by molar-refractivity contribution is 0.0998. The number of halogens is 1. The number of nitrogens with zero attached hydrogens (tertiary/aromatic N) is 3. The highest BCUT2D eigenvalue weighted by atomic mass is 35.5. The number of aromatic nitrogens is 2. The van der Waals surface area contributed by atoms with Gasteiger partial charge in [-0.3, -0.25) is 4.79 Å². The van der Waals surface area contributed by atoms with Gasteiger partial charge in [-0.1, -0.05) is 43.1 Å². The first kappa shape index (κ1) is 18.9. The molecule has 0 saturated carbocycles. The van der Waals surface area contributed by atoms with Gasteiger partial charge in [-0.05, 0) is 42.8 Å². The molecule has 5 nitrogen and oxygen atoms in total. The number of benzene rings is 2. The normalized spacial score (nSPS) is 11.4. The van der Waals surface area contributed by atoms with E-state index in [0.29, 0.717) is 28.4 Å². The van der Waals surface area contributed by atoms with E-state index in [9.17, 15) is 4.79 Å². The second kappa shape index (κ2) is 9.14. The van der Waals surface area contributed by atoms with Gasteiger partial charge in [-0.2, -0.15) is 5.10 Å². The number of rotatable bonds is 6. The Morgan fingerprint density at radius 2 is 1.89 bits per heavy atom. The molecule has 0 N–H and O–H groups in total. The Hall–Kier alpha value is -2.92. The molecule has 6 heteroatoms. The van der Waals surface area contributed by atoms with E-state index in [-0.39, 0.29) is 5.91 Å². The van der Waals surface area contributed by atoms with Gasteiger partial charge in [-0.15, -0.1) is 0 Å². The molecule has 0 aliphatic rings. The van der Waals surface area contributed by atoms with Crippen molar-refractivity contribution < 1.29 is 9.53 Å². The van der Waals surface area contributed by atoms with Crippen molar-refractivity contribution in [3.8, 4) is 11.6 Å². The van der Waals surface area contributed by atoms with Gasteiger partial charge < -0.3 is 4.74 Å². The summed E-state index contributed by atoms with van der Waals surface area (Å²) < 4.78 is 7.58. The van der Waals surface area contributed by atoms with Gasteiger partial charge in [0.2, 0.25) is 5.88 Å². The first-order valence-corrected chi connectivity index (χ1v) is 9.17. The van der Waals surface area contributed by atoms with E-state index in [2.05, 4.69) is 17.0 Å². The fourth-order valence-corrected chi connectivity index (χ4v) is 2.55. The van der Waals surface area contributed by atoms with Crippen LogP contribution in [0.4, 0.5) is 0 Å². The van der Waals surface area contributed by atoms with Crippen LogP contribution in [0.25, 0.3) is 5.69 Å². The first-order chi connectivity index (χ1) is 13.2. The topological polar surface area (TPSA) is 56.5 Å². The number of ether oxygens (including phenoxy) is 1. The maximum absolute atomic E-state index is 12.4. The molecule has 0 aliphatic carbocycles. The highest BCUT2D eigenvalue weighted by Crippen LogP contribution is 2.15. The van der Waals surface area contributed by atoms with Crippen LogP contribution in [-0.4, -0.2) is 22.3 Å². The average Bonchev–Trinajstić information content (AvgIpc) is 2.69. The molecule has 0 radical (unpaired) electrons. The Morgan fingerprint density at radius 1 is 1.15 bits per heavy atom. The molecule has 138 valence electrons. The summed E-state index contributed by atoms with van der Waals surface area (Å²) in [6, 6.07) is 18.0. The number of para-hydroxylation sites is 1. The Balaban J connectivity index is 1.95. The number of carbonyl (C=O) groups is 1. The summed E-state index contributed by atoms with van der Waals surface area (Å²) in [7, 11) is 0. The van der Waals surface area contributed by atoms with E-state index in [1.54, 1.807) is 41.2 Å². The van der Waals surface area contributed by atoms with Crippen molar-refractivity contribution in [2.75, 3.05) is 6.61 Å². The molecular formula is C21H20ClN3O2. The summed E-state index contributed by atoms with van der Waals surface area (Å²) in [5, 5.41) is 5.42. The summed E-state index contributed by atoms with van der Waals surface area (Å²) in [4.78, 5) is 16.5. The van der Waals surface area contributed by atoms with Crippen LogP contribution in [0.15, 0.2) is 71.9 Å². The maximum atomic E-state index is 12.4. The lowest BCUT2D eigenvalue weighted by Gasteiger charge is -2.13. The lowest BCUT2D eigenvalue weighted by Crippen LogP contribution is -2.15. The number of hydrogen-bond acceptors (Lipinski definition) is 3. The van der Waals surface area contributed by atoms with Crippen LogP contribution in [0.5, 0.6) is 5.88 Å². The van der Waals surface area contributed by atoms with Crippen LogP contribution < -0.4 is 10.1 Å². The molecule has 0 unspecified atom stereocenters. The van der Waals surface area contributed by atoms with Crippen molar-refractivity contribution in [2.45, 2.75) is 19.8 Å². The predicted molar refractivity (Wildman–Crippen MR) is 105 cm³/mol. The van der Waals surface area contributed by atoms with Crippen LogP contribution in [-0.2, 0) is 0 Å². The molecule has 0 spiro atoms. The van der Waals surface area contributed by atoms with Gasteiger partial charge in [0.1, 0.15) is 0 Å². The van der Waals surface area contributed by atoms with Crippen molar-refractivity contribution in [1.82, 2.24) is 9.78 Å². The monoisotopic (exact) mass is 381 g/mol. The Kier molecular flexibility index (Phi) is 6.39. The zero-order chi connectivity index (χ0) is 19.1. The van der Waals surface area contributed by atoms with Gasteiger partial charge in [0, 0.05) is 16.7 Å². The zero-order valence-electron chi connectivity index (χ0n) is 15.0. The number of hydrogen-bond donors (Lipinski definition) is 0. The number of carbonyl (C=O) groups excluding carboxylic acids is 1. The van der Waals surface area contributed by atoms with E-state index in [4.69, 9.17) is 16.3 Å². The molecule has 3 aromatic rings. The number of unbranched alkanes of at least 4 members (excludes halogenated alkanes) is 1. The summed E-state index contributed by atoms with van der Waals surface area (Å²) in [5.74, 6) is 0.185.